The molecule has 0 saturated carbocycles. The summed E-state index contributed by atoms with van der Waals surface area (Å²) in [6.07, 6.45) is 0. The molecule has 1 heterocycles. The summed E-state index contributed by atoms with van der Waals surface area (Å²) in [5, 5.41) is 3.05. The highest BCUT2D eigenvalue weighted by atomic mass is 32.2. The predicted molar refractivity (Wildman–Crippen MR) is 132 cm³/mol. The number of aryl methyl sites for hydroxylation is 1. The van der Waals surface area contributed by atoms with Crippen molar-refractivity contribution < 1.29 is 22.7 Å². The average Bonchev–Trinajstić information content (AvgIpc) is 2.86. The maximum absolute atomic E-state index is 13.3. The van der Waals surface area contributed by atoms with Crippen LogP contribution >= 0.6 is 0 Å². The van der Waals surface area contributed by atoms with Gasteiger partial charge >= 0.3 is 0 Å². The molecular weight excluding hydrogens is 452 g/mol. The Morgan fingerprint density at radius 1 is 0.971 bits per heavy atom. The highest BCUT2D eigenvalue weighted by molar-refractivity contribution is 7.92. The van der Waals surface area contributed by atoms with E-state index in [1.54, 1.807) is 25.1 Å². The molecule has 0 aliphatic carbocycles. The molecule has 0 fully saturated rings. The van der Waals surface area contributed by atoms with E-state index in [9.17, 15) is 13.2 Å². The van der Waals surface area contributed by atoms with E-state index < -0.39 is 22.0 Å². The second kappa shape index (κ2) is 10.2. The van der Waals surface area contributed by atoms with Gasteiger partial charge in [-0.2, -0.15) is 0 Å². The first-order chi connectivity index (χ1) is 16.4. The van der Waals surface area contributed by atoms with Crippen molar-refractivity contribution in [1.29, 1.82) is 0 Å². The van der Waals surface area contributed by atoms with Gasteiger partial charge in [0.25, 0.3) is 0 Å². The number of benzene rings is 3. The third kappa shape index (κ3) is 5.17. The van der Waals surface area contributed by atoms with Crippen molar-refractivity contribution in [3.63, 3.8) is 0 Å². The fraction of sp³-hybridized carbons (Fsp3) is 0.269. The average molecular weight is 481 g/mol. The summed E-state index contributed by atoms with van der Waals surface area (Å²) in [6.45, 7) is 4.00. The van der Waals surface area contributed by atoms with Crippen molar-refractivity contribution >= 4 is 21.6 Å². The molecule has 178 valence electrons. The van der Waals surface area contributed by atoms with Gasteiger partial charge in [0.1, 0.15) is 19.8 Å². The monoisotopic (exact) mass is 480 g/mol. The highest BCUT2D eigenvalue weighted by Gasteiger charge is 2.27. The summed E-state index contributed by atoms with van der Waals surface area (Å²) in [5.41, 5.74) is 3.25. The third-order valence-electron chi connectivity index (χ3n) is 5.74. The number of nitrogens with zero attached hydrogens (tertiary/aromatic N) is 1. The number of hydrogen-bond acceptors (Lipinski definition) is 5. The minimum absolute atomic E-state index is 0.144. The molecule has 0 aromatic heterocycles. The Bertz CT molecular complexity index is 1260. The number of rotatable bonds is 8. The summed E-state index contributed by atoms with van der Waals surface area (Å²) >= 11 is 0. The first kappa shape index (κ1) is 23.6. The van der Waals surface area contributed by atoms with Crippen LogP contribution in [-0.4, -0.2) is 39.8 Å². The summed E-state index contributed by atoms with van der Waals surface area (Å²) < 4.78 is 38.2. The lowest BCUT2D eigenvalue weighted by Gasteiger charge is -2.27. The van der Waals surface area contributed by atoms with Crippen LogP contribution in [0.5, 0.6) is 11.5 Å². The van der Waals surface area contributed by atoms with Crippen LogP contribution in [-0.2, 0) is 14.8 Å². The number of ether oxygens (including phenoxy) is 2. The zero-order chi connectivity index (χ0) is 24.1. The number of sulfonamides is 1. The Morgan fingerprint density at radius 2 is 1.65 bits per heavy atom. The minimum atomic E-state index is -3.73. The van der Waals surface area contributed by atoms with E-state index >= 15 is 0 Å². The maximum Gasteiger partial charge on any atom is 0.241 e. The van der Waals surface area contributed by atoms with Crippen LogP contribution in [0.4, 0.5) is 5.69 Å². The van der Waals surface area contributed by atoms with Gasteiger partial charge in [0.15, 0.2) is 11.5 Å². The van der Waals surface area contributed by atoms with Crippen LogP contribution in [0.1, 0.15) is 29.7 Å². The van der Waals surface area contributed by atoms with E-state index in [2.05, 4.69) is 5.32 Å². The summed E-state index contributed by atoms with van der Waals surface area (Å²) in [7, 11) is -3.73. The normalized spacial score (nSPS) is 13.7. The minimum Gasteiger partial charge on any atom is -0.486 e. The zero-order valence-electron chi connectivity index (χ0n) is 19.2. The van der Waals surface area contributed by atoms with E-state index in [0.29, 0.717) is 30.4 Å². The number of carbonyl (C=O) groups excluding carboxylic acids is 1. The molecule has 4 rings (SSSR count). The molecule has 34 heavy (non-hydrogen) atoms. The Labute approximate surface area is 200 Å². The molecule has 1 aliphatic heterocycles. The third-order valence-corrected chi connectivity index (χ3v) is 7.48. The fourth-order valence-corrected chi connectivity index (χ4v) is 4.99. The van der Waals surface area contributed by atoms with Crippen molar-refractivity contribution in [2.75, 3.05) is 29.8 Å². The smallest absolute Gasteiger partial charge is 0.241 e. The van der Waals surface area contributed by atoms with Crippen LogP contribution in [0.3, 0.4) is 0 Å². The molecule has 3 aromatic carbocycles. The van der Waals surface area contributed by atoms with Crippen LogP contribution in [0.25, 0.3) is 0 Å². The number of amides is 1. The number of nitrogens with one attached hydrogen (secondary N) is 1. The highest BCUT2D eigenvalue weighted by Crippen LogP contribution is 2.35. The molecule has 0 unspecified atom stereocenters. The van der Waals surface area contributed by atoms with Crippen LogP contribution < -0.4 is 19.1 Å². The van der Waals surface area contributed by atoms with Crippen molar-refractivity contribution in [3.05, 3.63) is 89.5 Å². The molecule has 1 atom stereocenters. The summed E-state index contributed by atoms with van der Waals surface area (Å²) in [4.78, 5) is 13.3. The van der Waals surface area contributed by atoms with Gasteiger partial charge < -0.3 is 14.8 Å². The Kier molecular flexibility index (Phi) is 7.07. The van der Waals surface area contributed by atoms with Gasteiger partial charge in [-0.15, -0.1) is 0 Å². The van der Waals surface area contributed by atoms with E-state index in [1.165, 1.54) is 0 Å². The zero-order valence-corrected chi connectivity index (χ0v) is 20.0. The molecule has 0 saturated heterocycles. The molecule has 3 aromatic rings. The SMILES string of the molecule is CCS(=O)(=O)N(CC(=O)N[C@H](c1ccccc1)c1ccccc1C)c1ccc2c(c1)OCCO2. The van der Waals surface area contributed by atoms with E-state index in [-0.39, 0.29) is 12.3 Å². The van der Waals surface area contributed by atoms with Gasteiger partial charge in [-0.1, -0.05) is 54.6 Å². The molecule has 0 bridgehead atoms. The fourth-order valence-electron chi connectivity index (χ4n) is 3.93. The molecular formula is C26H28N2O5S. The van der Waals surface area contributed by atoms with Gasteiger partial charge in [0, 0.05) is 6.07 Å². The Hall–Kier alpha value is -3.52. The van der Waals surface area contributed by atoms with Gasteiger partial charge in [0.2, 0.25) is 15.9 Å². The first-order valence-corrected chi connectivity index (χ1v) is 12.8. The van der Waals surface area contributed by atoms with Crippen LogP contribution in [0, 0.1) is 6.92 Å². The standard InChI is InChI=1S/C26H28N2O5S/c1-3-34(30,31)28(21-13-14-23-24(17-21)33-16-15-32-23)18-25(29)27-26(20-10-5-4-6-11-20)22-12-8-7-9-19(22)2/h4-14,17,26H,3,15-16,18H2,1-2H3,(H,27,29)/t26-/m1/s1. The second-order valence-corrected chi connectivity index (χ2v) is 10.2. The van der Waals surface area contributed by atoms with E-state index in [0.717, 1.165) is 21.0 Å². The molecule has 0 radical (unpaired) electrons. The summed E-state index contributed by atoms with van der Waals surface area (Å²) in [5.74, 6) is 0.456. The van der Waals surface area contributed by atoms with Gasteiger partial charge in [-0.3, -0.25) is 9.10 Å². The second-order valence-electron chi connectivity index (χ2n) is 8.00. The summed E-state index contributed by atoms with van der Waals surface area (Å²) in [6, 6.07) is 21.9. The van der Waals surface area contributed by atoms with Crippen molar-refractivity contribution in [3.8, 4) is 11.5 Å². The number of anilines is 1. The molecule has 7 nitrogen and oxygen atoms in total. The lowest BCUT2D eigenvalue weighted by Crippen LogP contribution is -2.43. The maximum atomic E-state index is 13.3. The van der Waals surface area contributed by atoms with Crippen molar-refractivity contribution in [1.82, 2.24) is 5.32 Å². The van der Waals surface area contributed by atoms with E-state index in [4.69, 9.17) is 9.47 Å². The van der Waals surface area contributed by atoms with Gasteiger partial charge in [0.05, 0.1) is 17.5 Å². The Morgan fingerprint density at radius 3 is 2.35 bits per heavy atom. The molecule has 1 N–H and O–H groups in total. The van der Waals surface area contributed by atoms with Crippen LogP contribution in [0.15, 0.2) is 72.8 Å². The Balaban J connectivity index is 1.64. The van der Waals surface area contributed by atoms with Crippen molar-refractivity contribution in [2.24, 2.45) is 0 Å². The number of hydrogen-bond donors (Lipinski definition) is 1. The van der Waals surface area contributed by atoms with Gasteiger partial charge in [-0.05, 0) is 42.7 Å². The van der Waals surface area contributed by atoms with Gasteiger partial charge in [-0.25, -0.2) is 8.42 Å². The number of fused-ring (bicyclic) bond motifs is 1. The van der Waals surface area contributed by atoms with Crippen molar-refractivity contribution in [2.45, 2.75) is 19.9 Å². The molecule has 1 amide bonds. The number of carbonyl (C=O) groups is 1. The first-order valence-electron chi connectivity index (χ1n) is 11.2. The topological polar surface area (TPSA) is 84.9 Å². The molecule has 1 aliphatic rings. The lowest BCUT2D eigenvalue weighted by molar-refractivity contribution is -0.120. The van der Waals surface area contributed by atoms with E-state index in [1.807, 2.05) is 61.5 Å². The lowest BCUT2D eigenvalue weighted by atomic mass is 9.95. The molecule has 8 heteroatoms. The molecule has 0 spiro atoms. The quantitative estimate of drug-likeness (QED) is 0.530. The largest absolute Gasteiger partial charge is 0.486 e. The predicted octanol–water partition coefficient (Wildman–Crippen LogP) is 3.83. The van der Waals surface area contributed by atoms with Crippen LogP contribution in [0.2, 0.25) is 0 Å².